The third-order valence-corrected chi connectivity index (χ3v) is 1.28. The van der Waals surface area contributed by atoms with Crippen LogP contribution >= 0.6 is 0 Å². The molecule has 0 radical (unpaired) electrons. The van der Waals surface area contributed by atoms with Crippen molar-refractivity contribution < 1.29 is 18.3 Å². The Morgan fingerprint density at radius 2 is 2.38 bits per heavy atom. The molecule has 0 aliphatic heterocycles. The van der Waals surface area contributed by atoms with Gasteiger partial charge >= 0.3 is 0 Å². The zero-order chi connectivity index (χ0) is 9.68. The minimum atomic E-state index is -2.56. The summed E-state index contributed by atoms with van der Waals surface area (Å²) in [7, 11) is 0. The van der Waals surface area contributed by atoms with Crippen LogP contribution in [-0.4, -0.2) is 24.3 Å². The average molecular weight is 187 g/mol. The van der Waals surface area contributed by atoms with Crippen LogP contribution in [0.2, 0.25) is 0 Å². The lowest BCUT2D eigenvalue weighted by Crippen LogP contribution is -2.08. The summed E-state index contributed by atoms with van der Waals surface area (Å²) in [6.45, 7) is -0.730. The van der Waals surface area contributed by atoms with Crippen molar-refractivity contribution in [1.29, 1.82) is 0 Å². The topological polar surface area (TPSA) is 39.2 Å². The van der Waals surface area contributed by atoms with Crippen LogP contribution in [0.15, 0.2) is 18.3 Å². The quantitative estimate of drug-likeness (QED) is 0.671. The van der Waals surface area contributed by atoms with Gasteiger partial charge in [0.2, 0.25) is 0 Å². The molecule has 0 saturated heterocycles. The number of carbonyl (C=O) groups is 1. The number of rotatable bonds is 4. The first-order valence-corrected chi connectivity index (χ1v) is 3.55. The minimum absolute atomic E-state index is 0.0307. The molecule has 0 aromatic carbocycles. The van der Waals surface area contributed by atoms with Crippen LogP contribution in [0.4, 0.5) is 8.78 Å². The molecular weight excluding hydrogens is 180 g/mol. The summed E-state index contributed by atoms with van der Waals surface area (Å²) in [6, 6.07) is 2.92. The second-order valence-electron chi connectivity index (χ2n) is 2.21. The Morgan fingerprint density at radius 1 is 1.62 bits per heavy atom. The number of aldehydes is 1. The molecule has 1 aromatic rings. The first-order chi connectivity index (χ1) is 6.24. The minimum Gasteiger partial charge on any atom is -0.485 e. The Bertz CT molecular complexity index is 291. The lowest BCUT2D eigenvalue weighted by atomic mass is 10.3. The van der Waals surface area contributed by atoms with E-state index in [-0.39, 0.29) is 11.4 Å². The Hall–Kier alpha value is -1.52. The molecule has 0 amide bonds. The fourth-order valence-corrected chi connectivity index (χ4v) is 0.766. The van der Waals surface area contributed by atoms with Crippen LogP contribution in [0.5, 0.6) is 5.75 Å². The van der Waals surface area contributed by atoms with Crippen LogP contribution < -0.4 is 4.74 Å². The molecule has 3 nitrogen and oxygen atoms in total. The van der Waals surface area contributed by atoms with Gasteiger partial charge in [0, 0.05) is 6.20 Å². The molecule has 0 spiro atoms. The van der Waals surface area contributed by atoms with E-state index in [9.17, 15) is 13.6 Å². The molecule has 0 aliphatic carbocycles. The Labute approximate surface area is 73.4 Å². The fraction of sp³-hybridized carbons (Fsp3) is 0.250. The Balaban J connectivity index is 2.69. The number of halogens is 2. The first-order valence-electron chi connectivity index (χ1n) is 3.55. The van der Waals surface area contributed by atoms with Gasteiger partial charge in [0.1, 0.15) is 18.1 Å². The maximum atomic E-state index is 11.7. The predicted octanol–water partition coefficient (Wildman–Crippen LogP) is 1.54. The van der Waals surface area contributed by atoms with Crippen LogP contribution in [0.3, 0.4) is 0 Å². The smallest absolute Gasteiger partial charge is 0.272 e. The van der Waals surface area contributed by atoms with Crippen molar-refractivity contribution in [3.8, 4) is 5.75 Å². The van der Waals surface area contributed by atoms with Gasteiger partial charge in [0.05, 0.1) is 0 Å². The summed E-state index contributed by atoms with van der Waals surface area (Å²) in [5.41, 5.74) is 0.0307. The van der Waals surface area contributed by atoms with Crippen molar-refractivity contribution in [2.75, 3.05) is 6.61 Å². The molecule has 0 N–H and O–H groups in total. The maximum Gasteiger partial charge on any atom is 0.272 e. The predicted molar refractivity (Wildman–Crippen MR) is 41.1 cm³/mol. The van der Waals surface area contributed by atoms with Crippen molar-refractivity contribution >= 4 is 6.29 Å². The molecule has 0 aliphatic rings. The third kappa shape index (κ3) is 2.77. The summed E-state index contributed by atoms with van der Waals surface area (Å²) >= 11 is 0. The number of aromatic nitrogens is 1. The second kappa shape index (κ2) is 4.49. The van der Waals surface area contributed by atoms with Crippen LogP contribution in [0, 0.1) is 0 Å². The molecule has 1 rings (SSSR count). The van der Waals surface area contributed by atoms with E-state index in [0.29, 0.717) is 6.29 Å². The molecule has 5 heteroatoms. The van der Waals surface area contributed by atoms with Gasteiger partial charge in [-0.05, 0) is 12.1 Å². The van der Waals surface area contributed by atoms with Gasteiger partial charge in [-0.25, -0.2) is 13.8 Å². The average Bonchev–Trinajstić information content (AvgIpc) is 2.15. The van der Waals surface area contributed by atoms with Crippen molar-refractivity contribution in [3.05, 3.63) is 24.0 Å². The molecule has 0 saturated carbocycles. The molecule has 13 heavy (non-hydrogen) atoms. The van der Waals surface area contributed by atoms with Gasteiger partial charge in [-0.1, -0.05) is 0 Å². The molecular formula is C8H7F2NO2. The van der Waals surface area contributed by atoms with E-state index in [0.717, 1.165) is 0 Å². The number of ether oxygens (including phenoxy) is 1. The van der Waals surface area contributed by atoms with Crippen LogP contribution in [-0.2, 0) is 0 Å². The lowest BCUT2D eigenvalue weighted by Gasteiger charge is -2.05. The number of hydrogen-bond donors (Lipinski definition) is 0. The molecule has 70 valence electrons. The van der Waals surface area contributed by atoms with Crippen molar-refractivity contribution in [2.45, 2.75) is 6.43 Å². The zero-order valence-electron chi connectivity index (χ0n) is 6.61. The van der Waals surface area contributed by atoms with Gasteiger partial charge in [-0.2, -0.15) is 0 Å². The highest BCUT2D eigenvalue weighted by Gasteiger charge is 2.07. The monoisotopic (exact) mass is 187 g/mol. The Kier molecular flexibility index (Phi) is 3.31. The molecule has 1 aromatic heterocycles. The lowest BCUT2D eigenvalue weighted by molar-refractivity contribution is 0.0806. The van der Waals surface area contributed by atoms with E-state index in [4.69, 9.17) is 0 Å². The van der Waals surface area contributed by atoms with E-state index in [1.54, 1.807) is 0 Å². The number of alkyl halides is 2. The molecule has 0 bridgehead atoms. The number of carbonyl (C=O) groups excluding carboxylic acids is 1. The zero-order valence-corrected chi connectivity index (χ0v) is 6.61. The maximum absolute atomic E-state index is 11.7. The normalized spacial score (nSPS) is 10.1. The van der Waals surface area contributed by atoms with Crippen molar-refractivity contribution in [1.82, 2.24) is 4.98 Å². The highest BCUT2D eigenvalue weighted by atomic mass is 19.3. The van der Waals surface area contributed by atoms with Gasteiger partial charge in [0.25, 0.3) is 6.43 Å². The summed E-state index contributed by atoms with van der Waals surface area (Å²) in [4.78, 5) is 14.0. The van der Waals surface area contributed by atoms with E-state index in [2.05, 4.69) is 9.72 Å². The van der Waals surface area contributed by atoms with E-state index in [1.807, 2.05) is 0 Å². The van der Waals surface area contributed by atoms with Gasteiger partial charge in [-0.15, -0.1) is 0 Å². The van der Waals surface area contributed by atoms with Crippen molar-refractivity contribution in [3.63, 3.8) is 0 Å². The third-order valence-electron chi connectivity index (χ3n) is 1.28. The molecule has 0 unspecified atom stereocenters. The fourth-order valence-electron chi connectivity index (χ4n) is 0.766. The van der Waals surface area contributed by atoms with Crippen LogP contribution in [0.1, 0.15) is 10.5 Å². The van der Waals surface area contributed by atoms with Gasteiger partial charge in [0.15, 0.2) is 6.29 Å². The number of nitrogens with zero attached hydrogens (tertiary/aromatic N) is 1. The second-order valence-corrected chi connectivity index (χ2v) is 2.21. The van der Waals surface area contributed by atoms with E-state index in [1.165, 1.54) is 18.3 Å². The van der Waals surface area contributed by atoms with Gasteiger partial charge < -0.3 is 4.74 Å². The van der Waals surface area contributed by atoms with E-state index < -0.39 is 13.0 Å². The first kappa shape index (κ1) is 9.57. The van der Waals surface area contributed by atoms with Crippen molar-refractivity contribution in [2.24, 2.45) is 0 Å². The molecule has 0 atom stereocenters. The van der Waals surface area contributed by atoms with E-state index >= 15 is 0 Å². The Morgan fingerprint density at radius 3 is 3.00 bits per heavy atom. The highest BCUT2D eigenvalue weighted by molar-refractivity contribution is 5.75. The number of pyridine rings is 1. The molecule has 1 heterocycles. The van der Waals surface area contributed by atoms with Crippen LogP contribution in [0.25, 0.3) is 0 Å². The highest BCUT2D eigenvalue weighted by Crippen LogP contribution is 2.13. The largest absolute Gasteiger partial charge is 0.485 e. The summed E-state index contributed by atoms with van der Waals surface area (Å²) in [6.07, 6.45) is -0.709. The summed E-state index contributed by atoms with van der Waals surface area (Å²) in [5.74, 6) is 0.0813. The summed E-state index contributed by atoms with van der Waals surface area (Å²) < 4.78 is 28.1. The van der Waals surface area contributed by atoms with Gasteiger partial charge in [-0.3, -0.25) is 4.79 Å². The molecule has 0 fully saturated rings. The SMILES string of the molecule is O=Cc1ncccc1OCC(F)F. The standard InChI is InChI=1S/C8H7F2NO2/c9-8(10)5-13-7-2-1-3-11-6(7)4-12/h1-4,8H,5H2. The summed E-state index contributed by atoms with van der Waals surface area (Å²) in [5, 5.41) is 0. The number of hydrogen-bond acceptors (Lipinski definition) is 3.